The molecule has 0 radical (unpaired) electrons. The maximum absolute atomic E-state index is 6.07. The minimum absolute atomic E-state index is 0.0676. The van der Waals surface area contributed by atoms with Crippen LogP contribution in [-0.2, 0) is 18.3 Å². The van der Waals surface area contributed by atoms with E-state index in [1.54, 1.807) is 6.20 Å². The molecule has 0 bridgehead atoms. The van der Waals surface area contributed by atoms with E-state index in [1.807, 2.05) is 28.7 Å². The Kier molecular flexibility index (Phi) is 4.61. The van der Waals surface area contributed by atoms with Gasteiger partial charge in [0.05, 0.1) is 11.4 Å². The van der Waals surface area contributed by atoms with Crippen molar-refractivity contribution in [1.29, 1.82) is 0 Å². The van der Waals surface area contributed by atoms with Crippen LogP contribution in [-0.4, -0.2) is 32.2 Å². The Morgan fingerprint density at radius 2 is 2.15 bits per heavy atom. The van der Waals surface area contributed by atoms with Crippen molar-refractivity contribution in [1.82, 2.24) is 24.9 Å². The second-order valence-electron chi connectivity index (χ2n) is 6.90. The molecule has 6 nitrogen and oxygen atoms in total. The molecule has 1 aromatic carbocycles. The van der Waals surface area contributed by atoms with Gasteiger partial charge in [0.15, 0.2) is 0 Å². The fraction of sp³-hybridized carbons (Fsp3) is 0.400. The van der Waals surface area contributed by atoms with Gasteiger partial charge in [-0.25, -0.2) is 4.68 Å². The summed E-state index contributed by atoms with van der Waals surface area (Å²) < 4.78 is 9.89. The fourth-order valence-electron chi connectivity index (χ4n) is 3.76. The molecule has 1 aliphatic heterocycles. The van der Waals surface area contributed by atoms with E-state index in [1.165, 1.54) is 16.8 Å². The molecule has 136 valence electrons. The van der Waals surface area contributed by atoms with Crippen molar-refractivity contribution >= 4 is 0 Å². The number of nitrogens with one attached hydrogen (secondary N) is 1. The molecule has 1 N–H and O–H groups in total. The lowest BCUT2D eigenvalue weighted by Gasteiger charge is -2.21. The van der Waals surface area contributed by atoms with Crippen molar-refractivity contribution in [3.63, 3.8) is 0 Å². The van der Waals surface area contributed by atoms with Crippen LogP contribution in [0.1, 0.15) is 35.0 Å². The monoisotopic (exact) mass is 351 g/mol. The summed E-state index contributed by atoms with van der Waals surface area (Å²) in [7, 11) is 1.99. The van der Waals surface area contributed by atoms with Crippen molar-refractivity contribution in [2.75, 3.05) is 6.61 Å². The molecular weight excluding hydrogens is 326 g/mol. The lowest BCUT2D eigenvalue weighted by atomic mass is 10.00. The number of nitrogens with zero attached hydrogens (tertiary/aromatic N) is 4. The standard InChI is InChI=1S/C20H25N5O/c1-14-19(15(2)24(3)23-14)20-18(8-11-26-20)21-13-16-6-4-7-17(12-16)25-10-5-9-22-25/h4-7,9-10,12,18,20-21H,8,11,13H2,1-3H3/t18-,20-/m0/s1. The molecule has 2 atom stereocenters. The molecule has 0 unspecified atom stereocenters. The number of aromatic nitrogens is 4. The average Bonchev–Trinajstić information content (AvgIpc) is 3.36. The molecule has 1 saturated heterocycles. The van der Waals surface area contributed by atoms with Gasteiger partial charge in [0.2, 0.25) is 0 Å². The first-order valence-electron chi connectivity index (χ1n) is 9.07. The van der Waals surface area contributed by atoms with Gasteiger partial charge in [0.1, 0.15) is 6.10 Å². The Bertz CT molecular complexity index is 884. The zero-order valence-corrected chi connectivity index (χ0v) is 15.5. The van der Waals surface area contributed by atoms with Crippen LogP contribution in [0.15, 0.2) is 42.7 Å². The van der Waals surface area contributed by atoms with Gasteiger partial charge in [0.25, 0.3) is 0 Å². The second kappa shape index (κ2) is 7.05. The molecule has 0 spiro atoms. The highest BCUT2D eigenvalue weighted by Gasteiger charge is 2.33. The Balaban J connectivity index is 1.48. The molecule has 26 heavy (non-hydrogen) atoms. The van der Waals surface area contributed by atoms with Crippen LogP contribution in [0.25, 0.3) is 5.69 Å². The van der Waals surface area contributed by atoms with Crippen LogP contribution in [0, 0.1) is 13.8 Å². The van der Waals surface area contributed by atoms with E-state index < -0.39 is 0 Å². The molecule has 2 aromatic heterocycles. The van der Waals surface area contributed by atoms with Gasteiger partial charge in [0, 0.05) is 49.9 Å². The molecule has 4 rings (SSSR count). The average molecular weight is 351 g/mol. The molecule has 1 aliphatic rings. The summed E-state index contributed by atoms with van der Waals surface area (Å²) >= 11 is 0. The highest BCUT2D eigenvalue weighted by molar-refractivity contribution is 5.35. The van der Waals surface area contributed by atoms with E-state index in [9.17, 15) is 0 Å². The number of rotatable bonds is 5. The Hall–Kier alpha value is -2.44. The Morgan fingerprint density at radius 1 is 1.27 bits per heavy atom. The molecular formula is C20H25N5O. The predicted octanol–water partition coefficient (Wildman–Crippen LogP) is 2.84. The van der Waals surface area contributed by atoms with Crippen LogP contribution >= 0.6 is 0 Å². The lowest BCUT2D eigenvalue weighted by Crippen LogP contribution is -2.31. The van der Waals surface area contributed by atoms with Gasteiger partial charge < -0.3 is 10.1 Å². The first-order valence-corrected chi connectivity index (χ1v) is 9.07. The third kappa shape index (κ3) is 3.18. The van der Waals surface area contributed by atoms with Crippen LogP contribution in [0.4, 0.5) is 0 Å². The zero-order chi connectivity index (χ0) is 18.1. The summed E-state index contributed by atoms with van der Waals surface area (Å²) in [6.07, 6.45) is 4.83. The summed E-state index contributed by atoms with van der Waals surface area (Å²) in [5.41, 5.74) is 5.79. The minimum atomic E-state index is 0.0676. The Morgan fingerprint density at radius 3 is 2.88 bits per heavy atom. The third-order valence-corrected chi connectivity index (χ3v) is 5.19. The van der Waals surface area contributed by atoms with Crippen LogP contribution in [0.5, 0.6) is 0 Å². The van der Waals surface area contributed by atoms with Gasteiger partial charge >= 0.3 is 0 Å². The maximum Gasteiger partial charge on any atom is 0.101 e. The molecule has 0 amide bonds. The number of hydrogen-bond donors (Lipinski definition) is 1. The van der Waals surface area contributed by atoms with E-state index in [0.29, 0.717) is 6.04 Å². The summed E-state index contributed by atoms with van der Waals surface area (Å²) in [4.78, 5) is 0. The predicted molar refractivity (Wildman–Crippen MR) is 100 cm³/mol. The number of benzene rings is 1. The van der Waals surface area contributed by atoms with E-state index >= 15 is 0 Å². The number of ether oxygens (including phenoxy) is 1. The van der Waals surface area contributed by atoms with E-state index in [-0.39, 0.29) is 6.10 Å². The largest absolute Gasteiger partial charge is 0.372 e. The maximum atomic E-state index is 6.07. The quantitative estimate of drug-likeness (QED) is 0.768. The summed E-state index contributed by atoms with van der Waals surface area (Å²) in [5.74, 6) is 0. The summed E-state index contributed by atoms with van der Waals surface area (Å²) in [6.45, 7) is 5.76. The molecule has 3 aromatic rings. The van der Waals surface area contributed by atoms with Crippen molar-refractivity contribution in [2.24, 2.45) is 7.05 Å². The second-order valence-corrected chi connectivity index (χ2v) is 6.90. The van der Waals surface area contributed by atoms with Crippen LogP contribution < -0.4 is 5.32 Å². The van der Waals surface area contributed by atoms with Gasteiger partial charge in [-0.2, -0.15) is 10.2 Å². The molecule has 0 saturated carbocycles. The third-order valence-electron chi connectivity index (χ3n) is 5.19. The first kappa shape index (κ1) is 17.0. The fourth-order valence-corrected chi connectivity index (χ4v) is 3.76. The first-order chi connectivity index (χ1) is 12.6. The highest BCUT2D eigenvalue weighted by Crippen LogP contribution is 2.33. The summed E-state index contributed by atoms with van der Waals surface area (Å²) in [5, 5.41) is 12.5. The number of hydrogen-bond acceptors (Lipinski definition) is 4. The molecule has 3 heterocycles. The van der Waals surface area contributed by atoms with Crippen molar-refractivity contribution < 1.29 is 4.74 Å². The highest BCUT2D eigenvalue weighted by atomic mass is 16.5. The van der Waals surface area contributed by atoms with Crippen molar-refractivity contribution in [2.45, 2.75) is 39.0 Å². The molecule has 1 fully saturated rings. The molecule has 6 heteroatoms. The van der Waals surface area contributed by atoms with Crippen molar-refractivity contribution in [3.8, 4) is 5.69 Å². The number of aryl methyl sites for hydroxylation is 2. The van der Waals surface area contributed by atoms with E-state index in [4.69, 9.17) is 4.74 Å². The van der Waals surface area contributed by atoms with Gasteiger partial charge in [-0.3, -0.25) is 4.68 Å². The lowest BCUT2D eigenvalue weighted by molar-refractivity contribution is 0.0974. The minimum Gasteiger partial charge on any atom is -0.372 e. The Labute approximate surface area is 153 Å². The normalized spacial score (nSPS) is 20.0. The van der Waals surface area contributed by atoms with Gasteiger partial charge in [-0.05, 0) is 44.0 Å². The smallest absolute Gasteiger partial charge is 0.101 e. The topological polar surface area (TPSA) is 56.9 Å². The SMILES string of the molecule is Cc1nn(C)c(C)c1[C@H]1OCC[C@@H]1NCc1cccc(-n2cccn2)c1. The van der Waals surface area contributed by atoms with Crippen LogP contribution in [0.3, 0.4) is 0 Å². The summed E-state index contributed by atoms with van der Waals surface area (Å²) in [6, 6.07) is 10.7. The van der Waals surface area contributed by atoms with E-state index in [0.717, 1.165) is 31.0 Å². The van der Waals surface area contributed by atoms with Gasteiger partial charge in [-0.15, -0.1) is 0 Å². The zero-order valence-electron chi connectivity index (χ0n) is 15.5. The molecule has 0 aliphatic carbocycles. The van der Waals surface area contributed by atoms with Crippen molar-refractivity contribution in [3.05, 3.63) is 65.2 Å². The van der Waals surface area contributed by atoms with Crippen LogP contribution in [0.2, 0.25) is 0 Å². The van der Waals surface area contributed by atoms with E-state index in [2.05, 4.69) is 53.6 Å². The van der Waals surface area contributed by atoms with Gasteiger partial charge in [-0.1, -0.05) is 12.1 Å².